The first-order valence-corrected chi connectivity index (χ1v) is 4.00. The molecule has 0 heterocycles. The molecule has 0 atom stereocenters. The second kappa shape index (κ2) is 8.77. The molecule has 0 unspecified atom stereocenters. The second-order valence-electron chi connectivity index (χ2n) is 2.20. The number of carboxylic acid groups (broad SMARTS) is 1. The molecule has 0 saturated heterocycles. The Hall–Kier alpha value is -1.32. The molecule has 1 N–H and O–H groups in total. The third-order valence-corrected chi connectivity index (χ3v) is 0.991. The molecule has 0 aromatic rings. The van der Waals surface area contributed by atoms with E-state index >= 15 is 0 Å². The van der Waals surface area contributed by atoms with Gasteiger partial charge in [0.1, 0.15) is 0 Å². The van der Waals surface area contributed by atoms with Gasteiger partial charge in [-0.3, -0.25) is 4.79 Å². The molecule has 0 aliphatic carbocycles. The van der Waals surface area contributed by atoms with Gasteiger partial charge in [0.05, 0.1) is 6.61 Å². The van der Waals surface area contributed by atoms with E-state index in [0.717, 1.165) is 6.92 Å². The molecule has 4 heteroatoms. The molecule has 4 nitrogen and oxygen atoms in total. The van der Waals surface area contributed by atoms with Gasteiger partial charge >= 0.3 is 5.97 Å². The highest BCUT2D eigenvalue weighted by atomic mass is 16.5. The Morgan fingerprint density at radius 1 is 1.38 bits per heavy atom. The normalized spacial score (nSPS) is 7.92. The number of carbonyl (C=O) groups is 2. The van der Waals surface area contributed by atoms with Gasteiger partial charge in [-0.05, 0) is 13.3 Å². The number of hydrogen-bond donors (Lipinski definition) is 1. The summed E-state index contributed by atoms with van der Waals surface area (Å²) in [6.07, 6.45) is 0.666. The summed E-state index contributed by atoms with van der Waals surface area (Å²) in [6.45, 7) is 8.68. The van der Waals surface area contributed by atoms with Crippen molar-refractivity contribution in [1.29, 1.82) is 0 Å². The number of ether oxygens (including phenoxy) is 1. The van der Waals surface area contributed by atoms with Crippen LogP contribution < -0.4 is 0 Å². The highest BCUT2D eigenvalue weighted by Crippen LogP contribution is 1.98. The van der Waals surface area contributed by atoms with E-state index in [2.05, 4.69) is 11.3 Å². The van der Waals surface area contributed by atoms with Gasteiger partial charge in [-0.25, -0.2) is 4.79 Å². The van der Waals surface area contributed by atoms with Crippen molar-refractivity contribution < 1.29 is 19.4 Å². The fourth-order valence-electron chi connectivity index (χ4n) is 0.377. The Balaban J connectivity index is 0. The molecule has 0 bridgehead atoms. The van der Waals surface area contributed by atoms with E-state index in [4.69, 9.17) is 9.90 Å². The molecule has 0 fully saturated rings. The van der Waals surface area contributed by atoms with Crippen LogP contribution in [0.25, 0.3) is 0 Å². The van der Waals surface area contributed by atoms with Crippen LogP contribution in [0.3, 0.4) is 0 Å². The number of aliphatic carboxylic acids is 1. The van der Waals surface area contributed by atoms with Crippen molar-refractivity contribution in [3.05, 3.63) is 12.2 Å². The number of rotatable bonds is 3. The fraction of sp³-hybridized carbons (Fsp3) is 0.556. The maximum Gasteiger partial charge on any atom is 0.333 e. The summed E-state index contributed by atoms with van der Waals surface area (Å²) in [6, 6.07) is 0. The third-order valence-electron chi connectivity index (χ3n) is 0.991. The first kappa shape index (κ1) is 14.2. The Kier molecular flexibility index (Phi) is 9.60. The highest BCUT2D eigenvalue weighted by Gasteiger charge is 2.02. The Labute approximate surface area is 78.2 Å². The first-order valence-electron chi connectivity index (χ1n) is 4.00. The molecular weight excluding hydrogens is 172 g/mol. The standard InChI is InChI=1S/C7H12O2.C2H4O2/c1-4-6(3)7(8)9-5-2;1-2(3)4/h3-5H2,1-2H3;1H3,(H,3,4). The first-order chi connectivity index (χ1) is 5.95. The average molecular weight is 188 g/mol. The summed E-state index contributed by atoms with van der Waals surface area (Å²) in [4.78, 5) is 19.7. The van der Waals surface area contributed by atoms with Gasteiger partial charge in [0.15, 0.2) is 0 Å². The van der Waals surface area contributed by atoms with Crippen LogP contribution in [0.5, 0.6) is 0 Å². The quantitative estimate of drug-likeness (QED) is 0.539. The number of esters is 1. The van der Waals surface area contributed by atoms with Crippen LogP contribution in [0.1, 0.15) is 27.2 Å². The molecule has 0 spiro atoms. The van der Waals surface area contributed by atoms with E-state index in [1.807, 2.05) is 6.92 Å². The monoisotopic (exact) mass is 188 g/mol. The van der Waals surface area contributed by atoms with Gasteiger partial charge in [0.25, 0.3) is 5.97 Å². The molecule has 0 radical (unpaired) electrons. The SMILES string of the molecule is C=C(CC)C(=O)OCC.CC(=O)O. The maximum atomic E-state index is 10.7. The van der Waals surface area contributed by atoms with Crippen molar-refractivity contribution in [1.82, 2.24) is 0 Å². The van der Waals surface area contributed by atoms with Gasteiger partial charge < -0.3 is 9.84 Å². The summed E-state index contributed by atoms with van der Waals surface area (Å²) < 4.78 is 4.66. The van der Waals surface area contributed by atoms with Gasteiger partial charge in [0.2, 0.25) is 0 Å². The van der Waals surface area contributed by atoms with E-state index in [0.29, 0.717) is 18.6 Å². The molecule has 0 amide bonds. The summed E-state index contributed by atoms with van der Waals surface area (Å²) >= 11 is 0. The van der Waals surface area contributed by atoms with E-state index in [1.54, 1.807) is 6.92 Å². The molecule has 0 rings (SSSR count). The Morgan fingerprint density at radius 2 is 1.77 bits per heavy atom. The van der Waals surface area contributed by atoms with Gasteiger partial charge in [-0.15, -0.1) is 0 Å². The van der Waals surface area contributed by atoms with Crippen LogP contribution >= 0.6 is 0 Å². The number of hydrogen-bond acceptors (Lipinski definition) is 3. The van der Waals surface area contributed by atoms with E-state index in [9.17, 15) is 4.79 Å². The van der Waals surface area contributed by atoms with Crippen LogP contribution in [-0.2, 0) is 14.3 Å². The molecule has 0 aromatic carbocycles. The van der Waals surface area contributed by atoms with Crippen molar-refractivity contribution >= 4 is 11.9 Å². The minimum absolute atomic E-state index is 0.278. The smallest absolute Gasteiger partial charge is 0.333 e. The van der Waals surface area contributed by atoms with Crippen molar-refractivity contribution in [3.63, 3.8) is 0 Å². The fourth-order valence-corrected chi connectivity index (χ4v) is 0.377. The lowest BCUT2D eigenvalue weighted by atomic mass is 10.2. The van der Waals surface area contributed by atoms with Gasteiger partial charge in [-0.2, -0.15) is 0 Å². The predicted molar refractivity (Wildman–Crippen MR) is 49.4 cm³/mol. The highest BCUT2D eigenvalue weighted by molar-refractivity contribution is 5.87. The third kappa shape index (κ3) is 13.6. The van der Waals surface area contributed by atoms with Gasteiger partial charge in [-0.1, -0.05) is 13.5 Å². The average Bonchev–Trinajstić information content (AvgIpc) is 2.02. The lowest BCUT2D eigenvalue weighted by Crippen LogP contribution is -2.05. The zero-order chi connectivity index (χ0) is 10.9. The summed E-state index contributed by atoms with van der Waals surface area (Å²) in [5.74, 6) is -1.11. The van der Waals surface area contributed by atoms with Crippen LogP contribution in [-0.4, -0.2) is 23.7 Å². The van der Waals surface area contributed by atoms with E-state index in [-0.39, 0.29) is 5.97 Å². The minimum Gasteiger partial charge on any atom is -0.481 e. The maximum absolute atomic E-state index is 10.7. The van der Waals surface area contributed by atoms with E-state index < -0.39 is 5.97 Å². The minimum atomic E-state index is -0.833. The van der Waals surface area contributed by atoms with Gasteiger partial charge in [0, 0.05) is 12.5 Å². The molecule has 0 aliphatic rings. The molecule has 0 aliphatic heterocycles. The number of carbonyl (C=O) groups excluding carboxylic acids is 1. The number of carboxylic acids is 1. The molecular formula is C9H16O4. The molecule has 0 saturated carbocycles. The van der Waals surface area contributed by atoms with Crippen LogP contribution in [0.2, 0.25) is 0 Å². The topological polar surface area (TPSA) is 63.6 Å². The Bertz CT molecular complexity index is 180. The van der Waals surface area contributed by atoms with Crippen molar-refractivity contribution in [2.75, 3.05) is 6.61 Å². The lowest BCUT2D eigenvalue weighted by molar-refractivity contribution is -0.138. The second-order valence-corrected chi connectivity index (χ2v) is 2.20. The molecule has 0 aromatic heterocycles. The van der Waals surface area contributed by atoms with Crippen LogP contribution in [0.15, 0.2) is 12.2 Å². The van der Waals surface area contributed by atoms with Crippen molar-refractivity contribution in [2.45, 2.75) is 27.2 Å². The Morgan fingerprint density at radius 3 is 2.00 bits per heavy atom. The molecule has 13 heavy (non-hydrogen) atoms. The summed E-state index contributed by atoms with van der Waals surface area (Å²) in [5.41, 5.74) is 0.539. The summed E-state index contributed by atoms with van der Waals surface area (Å²) in [7, 11) is 0. The zero-order valence-electron chi connectivity index (χ0n) is 8.29. The van der Waals surface area contributed by atoms with Crippen molar-refractivity contribution in [3.8, 4) is 0 Å². The largest absolute Gasteiger partial charge is 0.481 e. The van der Waals surface area contributed by atoms with Crippen molar-refractivity contribution in [2.24, 2.45) is 0 Å². The zero-order valence-corrected chi connectivity index (χ0v) is 8.29. The predicted octanol–water partition coefficient (Wildman–Crippen LogP) is 1.61. The lowest BCUT2D eigenvalue weighted by Gasteiger charge is -1.99. The van der Waals surface area contributed by atoms with Crippen LogP contribution in [0, 0.1) is 0 Å². The van der Waals surface area contributed by atoms with E-state index in [1.165, 1.54) is 0 Å². The summed E-state index contributed by atoms with van der Waals surface area (Å²) in [5, 5.41) is 7.42. The van der Waals surface area contributed by atoms with Crippen LogP contribution in [0.4, 0.5) is 0 Å². The molecule has 76 valence electrons.